The van der Waals surface area contributed by atoms with Crippen molar-refractivity contribution in [2.75, 3.05) is 19.0 Å². The summed E-state index contributed by atoms with van der Waals surface area (Å²) < 4.78 is 10.5. The van der Waals surface area contributed by atoms with Crippen molar-refractivity contribution >= 4 is 29.7 Å². The summed E-state index contributed by atoms with van der Waals surface area (Å²) in [5.41, 5.74) is 0.134. The second kappa shape index (κ2) is 14.2. The molecule has 1 atom stereocenters. The molecule has 1 rings (SSSR count). The molecule has 1 aromatic carbocycles. The number of amides is 3. The number of ether oxygens (including phenoxy) is 2. The van der Waals surface area contributed by atoms with Gasteiger partial charge in [-0.1, -0.05) is 30.3 Å². The van der Waals surface area contributed by atoms with Crippen LogP contribution in [0.3, 0.4) is 0 Å². The normalized spacial score (nSPS) is 11.8. The van der Waals surface area contributed by atoms with Crippen molar-refractivity contribution < 1.29 is 23.9 Å². The second-order valence-electron chi connectivity index (χ2n) is 7.91. The van der Waals surface area contributed by atoms with Crippen molar-refractivity contribution in [1.29, 1.82) is 0 Å². The number of alkyl carbamates (subject to hydrolysis) is 1. The summed E-state index contributed by atoms with van der Waals surface area (Å²) in [5.74, 6) is -0.611. The Bertz CT molecular complexity index is 742. The topological polar surface area (TPSA) is 126 Å². The van der Waals surface area contributed by atoms with Crippen molar-refractivity contribution in [3.05, 3.63) is 40.8 Å². The molecule has 178 valence electrons. The molecule has 0 aliphatic carbocycles. The molecule has 0 spiro atoms. The first kappa shape index (κ1) is 27.2. The number of unbranched alkanes of at least 4 members (excludes halogenated alkanes) is 1. The molecule has 0 unspecified atom stereocenters. The van der Waals surface area contributed by atoms with Crippen LogP contribution >= 0.6 is 11.6 Å². The van der Waals surface area contributed by atoms with Gasteiger partial charge in [-0.25, -0.2) is 14.4 Å². The number of benzene rings is 1. The molecule has 0 bridgehead atoms. The van der Waals surface area contributed by atoms with Crippen LogP contribution in [0.5, 0.6) is 0 Å². The number of nitrogens with zero attached hydrogens (tertiary/aromatic N) is 2. The van der Waals surface area contributed by atoms with E-state index >= 15 is 0 Å². The van der Waals surface area contributed by atoms with Crippen molar-refractivity contribution in [3.8, 4) is 0 Å². The Kier molecular flexibility index (Phi) is 12.1. The van der Waals surface area contributed by atoms with E-state index in [4.69, 9.17) is 21.1 Å². The minimum Gasteiger partial charge on any atom is -0.458 e. The maximum atomic E-state index is 12.5. The molecule has 2 N–H and O–H groups in total. The third-order valence-corrected chi connectivity index (χ3v) is 4.19. The molecule has 11 heteroatoms. The molecule has 0 heterocycles. The van der Waals surface area contributed by atoms with Gasteiger partial charge in [0.05, 0.1) is 11.8 Å². The summed E-state index contributed by atoms with van der Waals surface area (Å²) in [6, 6.07) is 7.49. The number of halogens is 1. The Labute approximate surface area is 192 Å². The maximum Gasteiger partial charge on any atom is 0.407 e. The predicted octanol–water partition coefficient (Wildman–Crippen LogP) is 3.73. The van der Waals surface area contributed by atoms with E-state index in [9.17, 15) is 19.3 Å². The fraction of sp³-hybridized carbons (Fsp3) is 0.571. The van der Waals surface area contributed by atoms with Crippen molar-refractivity contribution in [1.82, 2.24) is 15.6 Å². The van der Waals surface area contributed by atoms with Crippen LogP contribution in [0.25, 0.3) is 0 Å². The fourth-order valence-corrected chi connectivity index (χ4v) is 2.70. The number of esters is 1. The summed E-state index contributed by atoms with van der Waals surface area (Å²) in [7, 11) is 0. The molecular weight excluding hydrogens is 440 g/mol. The number of nitrogens with one attached hydrogen (secondary N) is 2. The van der Waals surface area contributed by atoms with Gasteiger partial charge < -0.3 is 20.1 Å². The third-order valence-electron chi connectivity index (χ3n) is 4.02. The lowest BCUT2D eigenvalue weighted by molar-refractivity contribution is -0.157. The summed E-state index contributed by atoms with van der Waals surface area (Å²) in [6.07, 6.45) is 0.731. The zero-order valence-electron chi connectivity index (χ0n) is 18.6. The number of carbonyl (C=O) groups is 3. The standard InChI is InChI=1S/C21H31ClN4O6/c1-21(2,3)32-18(27)17(24-19(28)26(25-30)14-12-22)11-7-8-13-23-20(29)31-15-16-9-5-4-6-10-16/h4-6,9-10,17H,7-8,11-15H2,1-3H3,(H,23,29)(H,24,28)/t17-/m0/s1. The van der Waals surface area contributed by atoms with E-state index in [-0.39, 0.29) is 25.5 Å². The monoisotopic (exact) mass is 470 g/mol. The second-order valence-corrected chi connectivity index (χ2v) is 8.29. The first-order valence-electron chi connectivity index (χ1n) is 10.3. The zero-order chi connectivity index (χ0) is 24.0. The Morgan fingerprint density at radius 3 is 2.44 bits per heavy atom. The lowest BCUT2D eigenvalue weighted by Gasteiger charge is -2.25. The Morgan fingerprint density at radius 2 is 1.84 bits per heavy atom. The highest BCUT2D eigenvalue weighted by molar-refractivity contribution is 6.18. The average molecular weight is 471 g/mol. The predicted molar refractivity (Wildman–Crippen MR) is 120 cm³/mol. The molecule has 1 aromatic rings. The van der Waals surface area contributed by atoms with Gasteiger partial charge in [0.2, 0.25) is 0 Å². The highest BCUT2D eigenvalue weighted by Gasteiger charge is 2.28. The third kappa shape index (κ3) is 11.5. The van der Waals surface area contributed by atoms with Crippen LogP contribution in [0, 0.1) is 4.91 Å². The lowest BCUT2D eigenvalue weighted by atomic mass is 10.1. The van der Waals surface area contributed by atoms with E-state index in [0.717, 1.165) is 5.56 Å². The molecule has 0 saturated heterocycles. The number of alkyl halides is 1. The summed E-state index contributed by atoms with van der Waals surface area (Å²) in [5, 5.41) is 8.31. The van der Waals surface area contributed by atoms with Gasteiger partial charge >= 0.3 is 18.1 Å². The number of carbonyl (C=O) groups excluding carboxylic acids is 3. The van der Waals surface area contributed by atoms with Gasteiger partial charge in [0.15, 0.2) is 0 Å². The van der Waals surface area contributed by atoms with Crippen LogP contribution < -0.4 is 10.6 Å². The average Bonchev–Trinajstić information content (AvgIpc) is 2.74. The Hall–Kier alpha value is -2.88. The highest BCUT2D eigenvalue weighted by Crippen LogP contribution is 2.12. The molecule has 0 fully saturated rings. The van der Waals surface area contributed by atoms with Crippen molar-refractivity contribution in [3.63, 3.8) is 0 Å². The molecule has 32 heavy (non-hydrogen) atoms. The molecule has 3 amide bonds. The van der Waals surface area contributed by atoms with E-state index in [1.54, 1.807) is 20.8 Å². The SMILES string of the molecule is CC(C)(C)OC(=O)[C@H](CCCCNC(=O)OCc1ccccc1)NC(=O)N(CCCl)N=O. The van der Waals surface area contributed by atoms with Crippen molar-refractivity contribution in [2.24, 2.45) is 5.29 Å². The van der Waals surface area contributed by atoms with Crippen LogP contribution in [-0.4, -0.2) is 53.7 Å². The summed E-state index contributed by atoms with van der Waals surface area (Å²) >= 11 is 5.55. The van der Waals surface area contributed by atoms with Crippen molar-refractivity contribution in [2.45, 2.75) is 58.3 Å². The minimum absolute atomic E-state index is 0.0162. The zero-order valence-corrected chi connectivity index (χ0v) is 19.4. The van der Waals surface area contributed by atoms with Crippen LogP contribution in [-0.2, 0) is 20.9 Å². The quantitative estimate of drug-likeness (QED) is 0.157. The van der Waals surface area contributed by atoms with Crippen LogP contribution in [0.2, 0.25) is 0 Å². The highest BCUT2D eigenvalue weighted by atomic mass is 35.5. The number of hydrogen-bond donors (Lipinski definition) is 2. The number of rotatable bonds is 12. The molecule has 0 aliphatic heterocycles. The van der Waals surface area contributed by atoms with Crippen LogP contribution in [0.1, 0.15) is 45.6 Å². The molecule has 10 nitrogen and oxygen atoms in total. The van der Waals surface area contributed by atoms with Gasteiger partial charge in [0, 0.05) is 12.4 Å². The van der Waals surface area contributed by atoms with E-state index in [1.165, 1.54) is 0 Å². The van der Waals surface area contributed by atoms with E-state index in [1.807, 2.05) is 30.3 Å². The van der Waals surface area contributed by atoms with Crippen LogP contribution in [0.15, 0.2) is 35.6 Å². The van der Waals surface area contributed by atoms with Gasteiger partial charge in [-0.05, 0) is 45.6 Å². The maximum absolute atomic E-state index is 12.5. The molecule has 0 radical (unpaired) electrons. The van der Waals surface area contributed by atoms with Gasteiger partial charge in [0.1, 0.15) is 18.2 Å². The molecule has 0 saturated carbocycles. The Morgan fingerprint density at radius 1 is 1.16 bits per heavy atom. The number of nitroso groups, excluding NO2 is 1. The first-order valence-corrected chi connectivity index (χ1v) is 10.8. The smallest absolute Gasteiger partial charge is 0.407 e. The van der Waals surface area contributed by atoms with Gasteiger partial charge in [-0.3, -0.25) is 0 Å². The lowest BCUT2D eigenvalue weighted by Crippen LogP contribution is -2.48. The van der Waals surface area contributed by atoms with Gasteiger partial charge in [0.25, 0.3) is 0 Å². The molecule has 0 aromatic heterocycles. The van der Waals surface area contributed by atoms with Gasteiger partial charge in [-0.2, -0.15) is 5.01 Å². The van der Waals surface area contributed by atoms with Crippen LogP contribution in [0.4, 0.5) is 9.59 Å². The summed E-state index contributed by atoms with van der Waals surface area (Å²) in [4.78, 5) is 47.3. The minimum atomic E-state index is -0.980. The fourth-order valence-electron chi connectivity index (χ4n) is 2.54. The molecule has 0 aliphatic rings. The first-order chi connectivity index (χ1) is 15.2. The van der Waals surface area contributed by atoms with Gasteiger partial charge in [-0.15, -0.1) is 16.5 Å². The number of urea groups is 1. The van der Waals surface area contributed by atoms with E-state index in [2.05, 4.69) is 15.9 Å². The molecular formula is C21H31ClN4O6. The van der Waals surface area contributed by atoms with E-state index in [0.29, 0.717) is 24.4 Å². The number of hydrogen-bond acceptors (Lipinski definition) is 7. The summed E-state index contributed by atoms with van der Waals surface area (Å²) in [6.45, 7) is 5.54. The Balaban J connectivity index is 2.47. The largest absolute Gasteiger partial charge is 0.458 e. The van der Waals surface area contributed by atoms with E-state index < -0.39 is 29.7 Å².